The van der Waals surface area contributed by atoms with Crippen molar-refractivity contribution in [2.45, 2.75) is 18.2 Å². The zero-order valence-electron chi connectivity index (χ0n) is 10.3. The summed E-state index contributed by atoms with van der Waals surface area (Å²) in [4.78, 5) is -0.236. The molecule has 0 amide bonds. The number of halogens is 1. The molecule has 100 valence electrons. The third-order valence-corrected chi connectivity index (χ3v) is 5.17. The minimum absolute atomic E-state index is 0.174. The molecule has 1 fully saturated rings. The van der Waals surface area contributed by atoms with Crippen LogP contribution < -0.4 is 5.73 Å². The van der Waals surface area contributed by atoms with Gasteiger partial charge in [-0.05, 0) is 43.5 Å². The molecule has 2 rings (SSSR count). The summed E-state index contributed by atoms with van der Waals surface area (Å²) in [5.41, 5.74) is 6.26. The smallest absolute Gasteiger partial charge is 0.246 e. The van der Waals surface area contributed by atoms with Crippen molar-refractivity contribution in [3.05, 3.63) is 29.6 Å². The summed E-state index contributed by atoms with van der Waals surface area (Å²) in [7, 11) is -3.73. The van der Waals surface area contributed by atoms with E-state index in [1.54, 1.807) is 13.0 Å². The Bertz CT molecular complexity index is 545. The zero-order chi connectivity index (χ0) is 13.3. The predicted molar refractivity (Wildman–Crippen MR) is 67.1 cm³/mol. The average Bonchev–Trinajstić information content (AvgIpc) is 2.81. The molecule has 0 radical (unpaired) electrons. The van der Waals surface area contributed by atoms with Crippen molar-refractivity contribution in [3.8, 4) is 0 Å². The van der Waals surface area contributed by atoms with Crippen LogP contribution in [0.15, 0.2) is 23.1 Å². The first-order valence-corrected chi connectivity index (χ1v) is 7.35. The normalized spacial score (nSPS) is 21.4. The molecule has 18 heavy (non-hydrogen) atoms. The number of nitrogens with zero attached hydrogens (tertiary/aromatic N) is 1. The Morgan fingerprint density at radius 3 is 2.83 bits per heavy atom. The van der Waals surface area contributed by atoms with Crippen molar-refractivity contribution < 1.29 is 12.8 Å². The van der Waals surface area contributed by atoms with Crippen LogP contribution in [-0.4, -0.2) is 32.4 Å². The number of hydrogen-bond acceptors (Lipinski definition) is 3. The van der Waals surface area contributed by atoms with Crippen LogP contribution in [0.2, 0.25) is 0 Å². The van der Waals surface area contributed by atoms with E-state index in [0.29, 0.717) is 19.6 Å². The van der Waals surface area contributed by atoms with Gasteiger partial charge in [-0.15, -0.1) is 0 Å². The lowest BCUT2D eigenvalue weighted by Gasteiger charge is -2.17. The summed E-state index contributed by atoms with van der Waals surface area (Å²) in [6.07, 6.45) is 0.739. The SMILES string of the molecule is Cc1ccc(F)c(S(=O)(=O)N2CCC(CN)C2)c1. The second kappa shape index (κ2) is 4.95. The molecule has 0 bridgehead atoms. The molecule has 0 spiro atoms. The summed E-state index contributed by atoms with van der Waals surface area (Å²) in [5.74, 6) is -0.524. The lowest BCUT2D eigenvalue weighted by atomic mass is 10.1. The van der Waals surface area contributed by atoms with Crippen molar-refractivity contribution in [2.75, 3.05) is 19.6 Å². The molecule has 1 saturated heterocycles. The lowest BCUT2D eigenvalue weighted by molar-refractivity contribution is 0.453. The summed E-state index contributed by atoms with van der Waals surface area (Å²) >= 11 is 0. The first-order valence-electron chi connectivity index (χ1n) is 5.91. The van der Waals surface area contributed by atoms with E-state index in [4.69, 9.17) is 5.73 Å². The van der Waals surface area contributed by atoms with Gasteiger partial charge < -0.3 is 5.73 Å². The molecule has 4 nitrogen and oxygen atoms in total. The highest BCUT2D eigenvalue weighted by Crippen LogP contribution is 2.26. The van der Waals surface area contributed by atoms with Gasteiger partial charge in [-0.3, -0.25) is 0 Å². The van der Waals surface area contributed by atoms with Gasteiger partial charge in [-0.25, -0.2) is 12.8 Å². The van der Waals surface area contributed by atoms with Gasteiger partial charge in [0.25, 0.3) is 0 Å². The van der Waals surface area contributed by atoms with E-state index in [1.807, 2.05) is 0 Å². The molecule has 0 aromatic heterocycles. The molecule has 2 N–H and O–H groups in total. The van der Waals surface area contributed by atoms with E-state index in [2.05, 4.69) is 0 Å². The molecule has 1 heterocycles. The highest BCUT2D eigenvalue weighted by Gasteiger charge is 2.33. The Hall–Kier alpha value is -0.980. The minimum Gasteiger partial charge on any atom is -0.330 e. The molecule has 0 saturated carbocycles. The van der Waals surface area contributed by atoms with Gasteiger partial charge in [0.1, 0.15) is 10.7 Å². The van der Waals surface area contributed by atoms with Crippen molar-refractivity contribution in [3.63, 3.8) is 0 Å². The number of hydrogen-bond donors (Lipinski definition) is 1. The number of aryl methyl sites for hydroxylation is 1. The van der Waals surface area contributed by atoms with E-state index in [-0.39, 0.29) is 10.8 Å². The first-order chi connectivity index (χ1) is 8.45. The Morgan fingerprint density at radius 2 is 2.22 bits per heavy atom. The van der Waals surface area contributed by atoms with Crippen molar-refractivity contribution >= 4 is 10.0 Å². The minimum atomic E-state index is -3.73. The van der Waals surface area contributed by atoms with Crippen LogP contribution in [0.25, 0.3) is 0 Å². The van der Waals surface area contributed by atoms with E-state index < -0.39 is 15.8 Å². The summed E-state index contributed by atoms with van der Waals surface area (Å²) in [6, 6.07) is 4.13. The Kier molecular flexibility index (Phi) is 3.70. The van der Waals surface area contributed by atoms with Gasteiger partial charge in [-0.2, -0.15) is 4.31 Å². The molecular weight excluding hydrogens is 255 g/mol. The van der Waals surface area contributed by atoms with Gasteiger partial charge in [0.15, 0.2) is 0 Å². The second-order valence-electron chi connectivity index (χ2n) is 4.69. The fourth-order valence-corrected chi connectivity index (χ4v) is 3.84. The zero-order valence-corrected chi connectivity index (χ0v) is 11.1. The standard InChI is InChI=1S/C12H17FN2O2S/c1-9-2-3-11(13)12(6-9)18(16,17)15-5-4-10(7-14)8-15/h2-3,6,10H,4-5,7-8,14H2,1H3. The van der Waals surface area contributed by atoms with Gasteiger partial charge in [0, 0.05) is 13.1 Å². The van der Waals surface area contributed by atoms with Crippen LogP contribution in [0.3, 0.4) is 0 Å². The maximum absolute atomic E-state index is 13.7. The molecule has 1 aromatic carbocycles. The van der Waals surface area contributed by atoms with Gasteiger partial charge in [0.2, 0.25) is 10.0 Å². The number of benzene rings is 1. The molecule has 1 aliphatic heterocycles. The Labute approximate surface area is 107 Å². The maximum Gasteiger partial charge on any atom is 0.246 e. The Morgan fingerprint density at radius 1 is 1.50 bits per heavy atom. The van der Waals surface area contributed by atoms with E-state index in [9.17, 15) is 12.8 Å². The Balaban J connectivity index is 2.34. The number of nitrogens with two attached hydrogens (primary N) is 1. The average molecular weight is 272 g/mol. The fourth-order valence-electron chi connectivity index (χ4n) is 2.16. The van der Waals surface area contributed by atoms with E-state index >= 15 is 0 Å². The van der Waals surface area contributed by atoms with Crippen LogP contribution in [0.1, 0.15) is 12.0 Å². The molecule has 1 atom stereocenters. The fraction of sp³-hybridized carbons (Fsp3) is 0.500. The monoisotopic (exact) mass is 272 g/mol. The highest BCUT2D eigenvalue weighted by atomic mass is 32.2. The van der Waals surface area contributed by atoms with Crippen LogP contribution in [0, 0.1) is 18.7 Å². The molecular formula is C12H17FN2O2S. The van der Waals surface area contributed by atoms with Crippen LogP contribution in [-0.2, 0) is 10.0 Å². The van der Waals surface area contributed by atoms with Crippen LogP contribution in [0.4, 0.5) is 4.39 Å². The number of sulfonamides is 1. The quantitative estimate of drug-likeness (QED) is 0.896. The second-order valence-corrected chi connectivity index (χ2v) is 6.59. The third kappa shape index (κ3) is 2.41. The van der Waals surface area contributed by atoms with Crippen LogP contribution in [0.5, 0.6) is 0 Å². The highest BCUT2D eigenvalue weighted by molar-refractivity contribution is 7.89. The molecule has 6 heteroatoms. The molecule has 1 aromatic rings. The van der Waals surface area contributed by atoms with Gasteiger partial charge in [-0.1, -0.05) is 6.07 Å². The summed E-state index contributed by atoms with van der Waals surface area (Å²) < 4.78 is 39.6. The lowest BCUT2D eigenvalue weighted by Crippen LogP contribution is -2.30. The summed E-state index contributed by atoms with van der Waals surface area (Å²) in [5, 5.41) is 0. The molecule has 1 unspecified atom stereocenters. The van der Waals surface area contributed by atoms with Crippen molar-refractivity contribution in [2.24, 2.45) is 11.7 Å². The van der Waals surface area contributed by atoms with Gasteiger partial charge in [0.05, 0.1) is 0 Å². The van der Waals surface area contributed by atoms with E-state index in [1.165, 1.54) is 16.4 Å². The van der Waals surface area contributed by atoms with Crippen LogP contribution >= 0.6 is 0 Å². The maximum atomic E-state index is 13.7. The molecule has 1 aliphatic rings. The van der Waals surface area contributed by atoms with Gasteiger partial charge >= 0.3 is 0 Å². The largest absolute Gasteiger partial charge is 0.330 e. The number of rotatable bonds is 3. The van der Waals surface area contributed by atoms with Crippen molar-refractivity contribution in [1.29, 1.82) is 0 Å². The summed E-state index contributed by atoms with van der Waals surface area (Å²) in [6.45, 7) is 3.00. The molecule has 0 aliphatic carbocycles. The van der Waals surface area contributed by atoms with E-state index in [0.717, 1.165) is 12.0 Å². The predicted octanol–water partition coefficient (Wildman–Crippen LogP) is 1.10. The third-order valence-electron chi connectivity index (χ3n) is 3.29. The topological polar surface area (TPSA) is 63.4 Å². The van der Waals surface area contributed by atoms with Crippen molar-refractivity contribution in [1.82, 2.24) is 4.31 Å². The first kappa shape index (κ1) is 13.5.